The molecule has 2 rings (SSSR count). The second kappa shape index (κ2) is 8.69. The number of aromatic nitrogens is 2. The van der Waals surface area contributed by atoms with Gasteiger partial charge in [0.05, 0.1) is 17.4 Å². The summed E-state index contributed by atoms with van der Waals surface area (Å²) in [6.07, 6.45) is 7.17. The van der Waals surface area contributed by atoms with Crippen LogP contribution in [0.5, 0.6) is 0 Å². The van der Waals surface area contributed by atoms with Crippen molar-refractivity contribution in [1.29, 1.82) is 0 Å². The normalized spacial score (nSPS) is 11.9. The predicted octanol–water partition coefficient (Wildman–Crippen LogP) is 3.90. The summed E-state index contributed by atoms with van der Waals surface area (Å²) in [5.74, 6) is 0. The van der Waals surface area contributed by atoms with Gasteiger partial charge in [0.2, 0.25) is 0 Å². The van der Waals surface area contributed by atoms with E-state index in [0.717, 1.165) is 36.4 Å². The van der Waals surface area contributed by atoms with E-state index in [0.29, 0.717) is 6.04 Å². The van der Waals surface area contributed by atoms with Crippen LogP contribution in [0.1, 0.15) is 32.8 Å². The molecule has 0 amide bonds. The van der Waals surface area contributed by atoms with Gasteiger partial charge in [-0.3, -0.25) is 4.90 Å². The topological polar surface area (TPSA) is 33.1 Å². The number of imidazole rings is 1. The summed E-state index contributed by atoms with van der Waals surface area (Å²) < 4.78 is 2.25. The Kier molecular flexibility index (Phi) is 6.62. The van der Waals surface area contributed by atoms with Gasteiger partial charge in [0.25, 0.3) is 0 Å². The van der Waals surface area contributed by atoms with Crippen LogP contribution in [0.3, 0.4) is 0 Å². The van der Waals surface area contributed by atoms with Gasteiger partial charge in [0, 0.05) is 31.9 Å². The van der Waals surface area contributed by atoms with Gasteiger partial charge in [-0.1, -0.05) is 25.6 Å². The Morgan fingerprint density at radius 1 is 1.38 bits per heavy atom. The lowest BCUT2D eigenvalue weighted by molar-refractivity contribution is 0.214. The first-order chi connectivity index (χ1) is 11.5. The minimum Gasteiger partial charge on any atom is -0.389 e. The molecule has 130 valence electrons. The summed E-state index contributed by atoms with van der Waals surface area (Å²) in [5, 5.41) is 3.02. The van der Waals surface area contributed by atoms with Crippen LogP contribution in [0, 0.1) is 0 Å². The van der Waals surface area contributed by atoms with Crippen molar-refractivity contribution < 1.29 is 0 Å². The van der Waals surface area contributed by atoms with E-state index >= 15 is 0 Å². The third-order valence-electron chi connectivity index (χ3n) is 4.31. The SMILES string of the molecule is C=C(/C=C/c1ccc2c(c1)ncn2CCN(CCC)C(C)C)NC. The van der Waals surface area contributed by atoms with Crippen LogP contribution in [0.25, 0.3) is 17.1 Å². The standard InChI is InChI=1S/C20H30N4/c1-6-11-23(16(2)3)12-13-24-15-22-19-14-18(9-10-20(19)24)8-7-17(4)21-5/h7-10,14-16,21H,4,6,11-13H2,1-3,5H3/b8-7+. The average Bonchev–Trinajstić information content (AvgIpc) is 2.98. The Labute approximate surface area is 145 Å². The van der Waals surface area contributed by atoms with Crippen LogP contribution in [0.15, 0.2) is 42.9 Å². The Morgan fingerprint density at radius 2 is 2.17 bits per heavy atom. The lowest BCUT2D eigenvalue weighted by Gasteiger charge is -2.26. The molecule has 0 unspecified atom stereocenters. The summed E-state index contributed by atoms with van der Waals surface area (Å²) >= 11 is 0. The average molecular weight is 326 g/mol. The fraction of sp³-hybridized carbons (Fsp3) is 0.450. The molecule has 4 heteroatoms. The molecular formula is C20H30N4. The molecule has 1 aromatic carbocycles. The molecule has 24 heavy (non-hydrogen) atoms. The summed E-state index contributed by atoms with van der Waals surface area (Å²) in [7, 11) is 1.87. The largest absolute Gasteiger partial charge is 0.389 e. The number of likely N-dealkylation sites (N-methyl/N-ethyl adjacent to an activating group) is 1. The summed E-state index contributed by atoms with van der Waals surface area (Å²) in [4.78, 5) is 7.09. The number of benzene rings is 1. The van der Waals surface area contributed by atoms with Gasteiger partial charge in [-0.05, 0) is 50.6 Å². The number of fused-ring (bicyclic) bond motifs is 1. The summed E-state index contributed by atoms with van der Waals surface area (Å²) in [5.41, 5.74) is 4.27. The van der Waals surface area contributed by atoms with E-state index in [1.54, 1.807) is 0 Å². The van der Waals surface area contributed by atoms with Crippen LogP contribution >= 0.6 is 0 Å². The molecule has 1 N–H and O–H groups in total. The first kappa shape index (κ1) is 18.3. The van der Waals surface area contributed by atoms with Crippen molar-refractivity contribution in [2.75, 3.05) is 20.1 Å². The highest BCUT2D eigenvalue weighted by Gasteiger charge is 2.09. The van der Waals surface area contributed by atoms with Gasteiger partial charge in [0.15, 0.2) is 0 Å². The predicted molar refractivity (Wildman–Crippen MR) is 104 cm³/mol. The first-order valence-electron chi connectivity index (χ1n) is 8.78. The van der Waals surface area contributed by atoms with Gasteiger partial charge < -0.3 is 9.88 Å². The van der Waals surface area contributed by atoms with Crippen molar-refractivity contribution in [3.63, 3.8) is 0 Å². The van der Waals surface area contributed by atoms with E-state index in [4.69, 9.17) is 0 Å². The summed E-state index contributed by atoms with van der Waals surface area (Å²) in [6, 6.07) is 6.99. The Bertz CT molecular complexity index is 697. The molecule has 0 aliphatic rings. The van der Waals surface area contributed by atoms with Crippen LogP contribution in [0.2, 0.25) is 0 Å². The molecule has 0 saturated carbocycles. The number of rotatable bonds is 9. The van der Waals surface area contributed by atoms with E-state index in [9.17, 15) is 0 Å². The van der Waals surface area contributed by atoms with Crippen molar-refractivity contribution in [2.24, 2.45) is 0 Å². The Morgan fingerprint density at radius 3 is 2.83 bits per heavy atom. The summed E-state index contributed by atoms with van der Waals surface area (Å²) in [6.45, 7) is 13.8. The van der Waals surface area contributed by atoms with Crippen LogP contribution < -0.4 is 5.32 Å². The second-order valence-corrected chi connectivity index (χ2v) is 6.42. The van der Waals surface area contributed by atoms with Crippen molar-refractivity contribution in [3.8, 4) is 0 Å². The molecule has 0 spiro atoms. The molecule has 1 aromatic heterocycles. The molecule has 0 fully saturated rings. The molecule has 0 radical (unpaired) electrons. The Hall–Kier alpha value is -2.07. The maximum atomic E-state index is 4.57. The second-order valence-electron chi connectivity index (χ2n) is 6.42. The zero-order valence-corrected chi connectivity index (χ0v) is 15.4. The molecule has 4 nitrogen and oxygen atoms in total. The van der Waals surface area contributed by atoms with Gasteiger partial charge in [-0.2, -0.15) is 0 Å². The highest BCUT2D eigenvalue weighted by atomic mass is 15.2. The molecular weight excluding hydrogens is 296 g/mol. The van der Waals surface area contributed by atoms with E-state index < -0.39 is 0 Å². The highest BCUT2D eigenvalue weighted by Crippen LogP contribution is 2.16. The van der Waals surface area contributed by atoms with Gasteiger partial charge in [0.1, 0.15) is 0 Å². The van der Waals surface area contributed by atoms with E-state index in [-0.39, 0.29) is 0 Å². The van der Waals surface area contributed by atoms with E-state index in [1.165, 1.54) is 11.9 Å². The molecule has 0 aliphatic carbocycles. The van der Waals surface area contributed by atoms with Crippen molar-refractivity contribution >= 4 is 17.1 Å². The highest BCUT2D eigenvalue weighted by molar-refractivity contribution is 5.78. The fourth-order valence-electron chi connectivity index (χ4n) is 2.79. The first-order valence-corrected chi connectivity index (χ1v) is 8.78. The molecule has 2 aromatic rings. The van der Waals surface area contributed by atoms with E-state index in [2.05, 4.69) is 71.4 Å². The van der Waals surface area contributed by atoms with Gasteiger partial charge in [-0.25, -0.2) is 4.98 Å². The molecule has 0 saturated heterocycles. The Balaban J connectivity index is 2.10. The smallest absolute Gasteiger partial charge is 0.0958 e. The minimum absolute atomic E-state index is 0.580. The third-order valence-corrected chi connectivity index (χ3v) is 4.31. The van der Waals surface area contributed by atoms with Crippen LogP contribution in [-0.2, 0) is 6.54 Å². The van der Waals surface area contributed by atoms with Crippen LogP contribution in [-0.4, -0.2) is 40.6 Å². The monoisotopic (exact) mass is 326 g/mol. The molecule has 1 heterocycles. The van der Waals surface area contributed by atoms with Crippen molar-refractivity contribution in [3.05, 3.63) is 48.4 Å². The molecule has 0 bridgehead atoms. The number of hydrogen-bond acceptors (Lipinski definition) is 3. The lowest BCUT2D eigenvalue weighted by Crippen LogP contribution is -2.34. The minimum atomic E-state index is 0.580. The lowest BCUT2D eigenvalue weighted by atomic mass is 10.2. The molecule has 0 atom stereocenters. The number of hydrogen-bond donors (Lipinski definition) is 1. The fourth-order valence-corrected chi connectivity index (χ4v) is 2.79. The number of nitrogens with zero attached hydrogens (tertiary/aromatic N) is 3. The third kappa shape index (κ3) is 4.71. The number of allylic oxidation sites excluding steroid dienone is 1. The molecule has 0 aliphatic heterocycles. The maximum Gasteiger partial charge on any atom is 0.0958 e. The maximum absolute atomic E-state index is 4.57. The quantitative estimate of drug-likeness (QED) is 0.709. The van der Waals surface area contributed by atoms with Gasteiger partial charge in [-0.15, -0.1) is 0 Å². The van der Waals surface area contributed by atoms with E-state index in [1.807, 2.05) is 19.5 Å². The van der Waals surface area contributed by atoms with Crippen LogP contribution in [0.4, 0.5) is 0 Å². The van der Waals surface area contributed by atoms with Gasteiger partial charge >= 0.3 is 0 Å². The van der Waals surface area contributed by atoms with Crippen molar-refractivity contribution in [2.45, 2.75) is 39.8 Å². The zero-order valence-electron chi connectivity index (χ0n) is 15.4. The zero-order chi connectivity index (χ0) is 17.5. The van der Waals surface area contributed by atoms with Crippen molar-refractivity contribution in [1.82, 2.24) is 19.8 Å². The number of nitrogens with one attached hydrogen (secondary N) is 1.